The Kier molecular flexibility index (Phi) is 2.83. The first-order valence-electron chi connectivity index (χ1n) is 7.23. The first-order chi connectivity index (χ1) is 10.8. The van der Waals surface area contributed by atoms with Crippen molar-refractivity contribution >= 4 is 16.7 Å². The topological polar surface area (TPSA) is 26.3 Å². The van der Waals surface area contributed by atoms with E-state index in [1.165, 1.54) is 0 Å². The van der Waals surface area contributed by atoms with Gasteiger partial charge in [0.1, 0.15) is 5.75 Å². The van der Waals surface area contributed by atoms with Crippen LogP contribution in [0.15, 0.2) is 78.9 Å². The van der Waals surface area contributed by atoms with Crippen molar-refractivity contribution in [1.29, 1.82) is 0 Å². The maximum absolute atomic E-state index is 12.2. The molecule has 3 aromatic rings. The minimum Gasteiger partial charge on any atom is -0.423 e. The van der Waals surface area contributed by atoms with Crippen molar-refractivity contribution in [3.05, 3.63) is 90.0 Å². The van der Waals surface area contributed by atoms with E-state index in [-0.39, 0.29) is 11.9 Å². The van der Waals surface area contributed by atoms with Crippen LogP contribution < -0.4 is 4.74 Å². The predicted molar refractivity (Wildman–Crippen MR) is 87.0 cm³/mol. The molecule has 0 aromatic heterocycles. The van der Waals surface area contributed by atoms with Crippen molar-refractivity contribution in [3.63, 3.8) is 0 Å². The number of ether oxygens (including phenoxy) is 1. The highest BCUT2D eigenvalue weighted by molar-refractivity contribution is 5.99. The predicted octanol–water partition coefficient (Wildman–Crippen LogP) is 4.45. The number of hydrogen-bond acceptors (Lipinski definition) is 2. The van der Waals surface area contributed by atoms with E-state index in [2.05, 4.69) is 18.7 Å². The molecule has 0 bridgehead atoms. The highest BCUT2D eigenvalue weighted by Gasteiger charge is 2.33. The normalized spacial score (nSPS) is 17.2. The SMILES string of the molecule is C=C1C(=O)Oc2ccc3ccccc3c2C1c1ccccc1. The zero-order valence-corrected chi connectivity index (χ0v) is 12.0. The van der Waals surface area contributed by atoms with Crippen LogP contribution in [0.1, 0.15) is 17.0 Å². The van der Waals surface area contributed by atoms with E-state index >= 15 is 0 Å². The van der Waals surface area contributed by atoms with Crippen LogP contribution in [0, 0.1) is 0 Å². The molecular formula is C20H14O2. The standard InChI is InChI=1S/C20H14O2/c1-13-18(15-8-3-2-4-9-15)19-16-10-6-5-7-14(16)11-12-17(19)22-20(13)21/h2-12,18H,1H2. The van der Waals surface area contributed by atoms with Gasteiger partial charge in [-0.05, 0) is 22.4 Å². The molecule has 1 heterocycles. The molecule has 0 saturated carbocycles. The second-order valence-corrected chi connectivity index (χ2v) is 5.46. The van der Waals surface area contributed by atoms with E-state index < -0.39 is 0 Å². The first-order valence-corrected chi connectivity index (χ1v) is 7.23. The summed E-state index contributed by atoms with van der Waals surface area (Å²) in [5, 5.41) is 2.23. The van der Waals surface area contributed by atoms with Gasteiger partial charge < -0.3 is 4.74 Å². The fourth-order valence-corrected chi connectivity index (χ4v) is 3.13. The van der Waals surface area contributed by atoms with Crippen molar-refractivity contribution in [3.8, 4) is 5.75 Å². The van der Waals surface area contributed by atoms with Gasteiger partial charge in [0.15, 0.2) is 0 Å². The summed E-state index contributed by atoms with van der Waals surface area (Å²) in [4.78, 5) is 12.2. The fraction of sp³-hybridized carbons (Fsp3) is 0.0500. The summed E-state index contributed by atoms with van der Waals surface area (Å²) in [7, 11) is 0. The third-order valence-corrected chi connectivity index (χ3v) is 4.17. The molecule has 3 aromatic carbocycles. The lowest BCUT2D eigenvalue weighted by atomic mass is 9.81. The minimum atomic E-state index is -0.350. The van der Waals surface area contributed by atoms with Crippen LogP contribution in [-0.4, -0.2) is 5.97 Å². The molecule has 0 spiro atoms. The van der Waals surface area contributed by atoms with Gasteiger partial charge >= 0.3 is 5.97 Å². The second kappa shape index (κ2) is 4.85. The zero-order valence-electron chi connectivity index (χ0n) is 12.0. The van der Waals surface area contributed by atoms with E-state index in [4.69, 9.17) is 4.74 Å². The number of benzene rings is 3. The lowest BCUT2D eigenvalue weighted by Gasteiger charge is -2.28. The average molecular weight is 286 g/mol. The molecule has 1 aliphatic rings. The summed E-state index contributed by atoms with van der Waals surface area (Å²) in [5.41, 5.74) is 2.56. The molecule has 22 heavy (non-hydrogen) atoms. The second-order valence-electron chi connectivity index (χ2n) is 5.46. The van der Waals surface area contributed by atoms with Gasteiger partial charge in [0, 0.05) is 17.1 Å². The Labute approximate surface area is 128 Å². The summed E-state index contributed by atoms with van der Waals surface area (Å²) >= 11 is 0. The number of fused-ring (bicyclic) bond motifs is 3. The highest BCUT2D eigenvalue weighted by atomic mass is 16.5. The van der Waals surface area contributed by atoms with Crippen LogP contribution in [0.5, 0.6) is 5.75 Å². The van der Waals surface area contributed by atoms with Crippen molar-refractivity contribution in [2.75, 3.05) is 0 Å². The molecule has 1 unspecified atom stereocenters. The van der Waals surface area contributed by atoms with Crippen LogP contribution >= 0.6 is 0 Å². The van der Waals surface area contributed by atoms with Gasteiger partial charge in [0.05, 0.1) is 0 Å². The fourth-order valence-electron chi connectivity index (χ4n) is 3.13. The third kappa shape index (κ3) is 1.85. The molecule has 106 valence electrons. The average Bonchev–Trinajstić information content (AvgIpc) is 2.57. The number of carbonyl (C=O) groups is 1. The Morgan fingerprint density at radius 2 is 1.59 bits per heavy atom. The summed E-state index contributed by atoms with van der Waals surface area (Å²) < 4.78 is 5.47. The maximum Gasteiger partial charge on any atom is 0.339 e. The summed E-state index contributed by atoms with van der Waals surface area (Å²) in [5.74, 6) is 0.116. The van der Waals surface area contributed by atoms with E-state index in [0.717, 1.165) is 21.9 Å². The quantitative estimate of drug-likeness (QED) is 0.375. The molecule has 4 rings (SSSR count). The molecule has 1 atom stereocenters. The van der Waals surface area contributed by atoms with Crippen molar-refractivity contribution < 1.29 is 9.53 Å². The maximum atomic E-state index is 12.2. The van der Waals surface area contributed by atoms with Gasteiger partial charge in [-0.2, -0.15) is 0 Å². The monoisotopic (exact) mass is 286 g/mol. The van der Waals surface area contributed by atoms with Crippen LogP contribution in [0.25, 0.3) is 10.8 Å². The first kappa shape index (κ1) is 12.8. The Balaban J connectivity index is 2.06. The molecule has 2 heteroatoms. The van der Waals surface area contributed by atoms with E-state index in [1.807, 2.05) is 54.6 Å². The number of carbonyl (C=O) groups excluding carboxylic acids is 1. The molecule has 0 radical (unpaired) electrons. The summed E-state index contributed by atoms with van der Waals surface area (Å²) in [6.45, 7) is 3.98. The molecule has 0 aliphatic carbocycles. The molecule has 0 fully saturated rings. The van der Waals surface area contributed by atoms with Gasteiger partial charge in [0.2, 0.25) is 0 Å². The molecule has 1 aliphatic heterocycles. The Morgan fingerprint density at radius 3 is 2.41 bits per heavy atom. The molecule has 0 amide bonds. The molecule has 2 nitrogen and oxygen atoms in total. The number of rotatable bonds is 1. The lowest BCUT2D eigenvalue weighted by Crippen LogP contribution is -2.24. The molecular weight excluding hydrogens is 272 g/mol. The van der Waals surface area contributed by atoms with Crippen molar-refractivity contribution in [2.24, 2.45) is 0 Å². The van der Waals surface area contributed by atoms with E-state index in [1.54, 1.807) is 0 Å². The van der Waals surface area contributed by atoms with E-state index in [0.29, 0.717) is 11.3 Å². The van der Waals surface area contributed by atoms with Gasteiger partial charge in [-0.25, -0.2) is 4.79 Å². The largest absolute Gasteiger partial charge is 0.423 e. The number of hydrogen-bond donors (Lipinski definition) is 0. The van der Waals surface area contributed by atoms with Gasteiger partial charge in [-0.1, -0.05) is 67.2 Å². The van der Waals surface area contributed by atoms with Gasteiger partial charge in [-0.3, -0.25) is 0 Å². The third-order valence-electron chi connectivity index (χ3n) is 4.17. The Bertz CT molecular complexity index is 894. The number of esters is 1. The van der Waals surface area contributed by atoms with Crippen LogP contribution in [0.3, 0.4) is 0 Å². The van der Waals surface area contributed by atoms with Gasteiger partial charge in [-0.15, -0.1) is 0 Å². The molecule has 0 N–H and O–H groups in total. The smallest absolute Gasteiger partial charge is 0.339 e. The van der Waals surface area contributed by atoms with Crippen molar-refractivity contribution in [1.82, 2.24) is 0 Å². The van der Waals surface area contributed by atoms with E-state index in [9.17, 15) is 4.79 Å². The lowest BCUT2D eigenvalue weighted by molar-refractivity contribution is -0.131. The Morgan fingerprint density at radius 1 is 0.864 bits per heavy atom. The Hall–Kier alpha value is -2.87. The van der Waals surface area contributed by atoms with Crippen molar-refractivity contribution in [2.45, 2.75) is 5.92 Å². The minimum absolute atomic E-state index is 0.163. The van der Waals surface area contributed by atoms with Crippen LogP contribution in [0.2, 0.25) is 0 Å². The summed E-state index contributed by atoms with van der Waals surface area (Å²) in [6.07, 6.45) is 0. The van der Waals surface area contributed by atoms with Crippen LogP contribution in [0.4, 0.5) is 0 Å². The van der Waals surface area contributed by atoms with Gasteiger partial charge in [0.25, 0.3) is 0 Å². The van der Waals surface area contributed by atoms with Crippen LogP contribution in [-0.2, 0) is 4.79 Å². The zero-order chi connectivity index (χ0) is 15.1. The molecule has 0 saturated heterocycles. The highest BCUT2D eigenvalue weighted by Crippen LogP contribution is 2.44. The summed E-state index contributed by atoms with van der Waals surface area (Å²) in [6, 6.07) is 22.0.